The predicted molar refractivity (Wildman–Crippen MR) is 89.2 cm³/mol. The fourth-order valence-electron chi connectivity index (χ4n) is 2.79. The maximum absolute atomic E-state index is 10.2. The minimum absolute atomic E-state index is 0. The molecule has 0 aliphatic carbocycles. The molecule has 1 aromatic rings. The molecule has 2 rings (SSSR count). The van der Waals surface area contributed by atoms with Crippen LogP contribution in [0.25, 0.3) is 0 Å². The van der Waals surface area contributed by atoms with E-state index >= 15 is 0 Å². The average Bonchev–Trinajstić information content (AvgIpc) is 2.40. The second-order valence-corrected chi connectivity index (χ2v) is 4.94. The van der Waals surface area contributed by atoms with Crippen molar-refractivity contribution in [3.05, 3.63) is 23.3 Å². The predicted octanol–water partition coefficient (Wildman–Crippen LogP) is 2.48. The maximum Gasteiger partial charge on any atom is 0.143 e. The van der Waals surface area contributed by atoms with Crippen LogP contribution in [0.4, 0.5) is 5.69 Å². The van der Waals surface area contributed by atoms with E-state index in [9.17, 15) is 5.11 Å². The van der Waals surface area contributed by atoms with Gasteiger partial charge in [0.05, 0.1) is 5.69 Å². The van der Waals surface area contributed by atoms with Gasteiger partial charge in [0.1, 0.15) is 5.75 Å². The first-order chi connectivity index (χ1) is 8.65. The number of nitrogens with two attached hydrogens (primary N) is 1. The zero-order valence-corrected chi connectivity index (χ0v) is 13.7. The Balaban J connectivity index is 0.00000180. The van der Waals surface area contributed by atoms with E-state index in [-0.39, 0.29) is 36.6 Å². The molecule has 0 saturated carbocycles. The molecular weight excluding hydrogens is 297 g/mol. The molecule has 1 fully saturated rings. The molecule has 4 nitrogen and oxygen atoms in total. The summed E-state index contributed by atoms with van der Waals surface area (Å²) < 4.78 is 0. The molecule has 1 aromatic carbocycles. The van der Waals surface area contributed by atoms with E-state index in [2.05, 4.69) is 17.1 Å². The molecule has 0 bridgehead atoms. The third kappa shape index (κ3) is 3.92. The number of halogens is 2. The number of aryl methyl sites for hydroxylation is 1. The summed E-state index contributed by atoms with van der Waals surface area (Å²) in [4.78, 5) is 2.43. The highest BCUT2D eigenvalue weighted by Crippen LogP contribution is 2.37. The topological polar surface area (TPSA) is 61.5 Å². The van der Waals surface area contributed by atoms with Crippen molar-refractivity contribution in [1.29, 1.82) is 0 Å². The van der Waals surface area contributed by atoms with Gasteiger partial charge in [-0.05, 0) is 25.0 Å². The lowest BCUT2D eigenvalue weighted by Gasteiger charge is -2.35. The number of phenols is 1. The van der Waals surface area contributed by atoms with Crippen LogP contribution >= 0.6 is 24.8 Å². The number of hydrogen-bond donors (Lipinski definition) is 3. The zero-order chi connectivity index (χ0) is 13.1. The quantitative estimate of drug-likeness (QED) is 0.591. The Kier molecular flexibility index (Phi) is 8.28. The van der Waals surface area contributed by atoms with E-state index in [1.165, 1.54) is 0 Å². The van der Waals surface area contributed by atoms with Gasteiger partial charge in [0, 0.05) is 37.8 Å². The van der Waals surface area contributed by atoms with Crippen molar-refractivity contribution in [2.75, 3.05) is 31.9 Å². The molecule has 0 spiro atoms. The number of piperazine rings is 1. The van der Waals surface area contributed by atoms with E-state index in [1.54, 1.807) is 6.07 Å². The normalized spacial score (nSPS) is 16.9. The molecule has 1 saturated heterocycles. The van der Waals surface area contributed by atoms with Gasteiger partial charge in [0.2, 0.25) is 0 Å². The Labute approximate surface area is 133 Å². The van der Waals surface area contributed by atoms with Gasteiger partial charge in [-0.2, -0.15) is 0 Å². The number of benzene rings is 1. The summed E-state index contributed by atoms with van der Waals surface area (Å²) in [5.74, 6) is 0.264. The molecule has 0 aromatic heterocycles. The number of anilines is 1. The van der Waals surface area contributed by atoms with Gasteiger partial charge in [-0.25, -0.2) is 0 Å². The summed E-state index contributed by atoms with van der Waals surface area (Å²) in [6.07, 6.45) is 0.984. The van der Waals surface area contributed by atoms with Crippen LogP contribution in [-0.4, -0.2) is 36.2 Å². The largest absolute Gasteiger partial charge is 0.505 e. The van der Waals surface area contributed by atoms with Crippen molar-refractivity contribution in [3.8, 4) is 5.75 Å². The number of nitrogen functional groups attached to an aromatic ring is 1. The van der Waals surface area contributed by atoms with Gasteiger partial charge in [-0.1, -0.05) is 13.0 Å². The Bertz CT molecular complexity index is 423. The second-order valence-electron chi connectivity index (χ2n) is 4.94. The number of phenolic OH excluding ortho intramolecular Hbond substituents is 1. The van der Waals surface area contributed by atoms with Crippen LogP contribution in [0.5, 0.6) is 5.75 Å². The number of nitrogens with zero attached hydrogens (tertiary/aromatic N) is 1. The Hall–Kier alpha value is -0.680. The van der Waals surface area contributed by atoms with Crippen LogP contribution in [-0.2, 0) is 0 Å². The highest BCUT2D eigenvalue weighted by molar-refractivity contribution is 5.85. The van der Waals surface area contributed by atoms with E-state index in [4.69, 9.17) is 5.73 Å². The summed E-state index contributed by atoms with van der Waals surface area (Å²) in [5, 5.41) is 13.6. The summed E-state index contributed by atoms with van der Waals surface area (Å²) in [6.45, 7) is 8.27. The summed E-state index contributed by atoms with van der Waals surface area (Å²) in [7, 11) is 0. The number of nitrogens with one attached hydrogen (secondary N) is 1. The lowest BCUT2D eigenvalue weighted by molar-refractivity contribution is 0.166. The standard InChI is InChI=1S/C14H23N3O.2ClH/c1-3-12(17-8-6-16-7-9-17)13-10(2)4-5-11(15)14(13)18;;/h4-5,12,16,18H,3,6-9,15H2,1-2H3;2*1H/t12-;;/m1../s1. The van der Waals surface area contributed by atoms with Gasteiger partial charge in [0.15, 0.2) is 0 Å². The summed E-state index contributed by atoms with van der Waals surface area (Å²) >= 11 is 0. The molecule has 0 amide bonds. The van der Waals surface area contributed by atoms with Crippen molar-refractivity contribution in [3.63, 3.8) is 0 Å². The third-order valence-electron chi connectivity index (χ3n) is 3.78. The number of hydrogen-bond acceptors (Lipinski definition) is 4. The SMILES string of the molecule is CC[C@H](c1c(C)ccc(N)c1O)N1CCNCC1.Cl.Cl. The first-order valence-corrected chi connectivity index (χ1v) is 6.67. The van der Waals surface area contributed by atoms with Gasteiger partial charge in [-0.3, -0.25) is 4.90 Å². The lowest BCUT2D eigenvalue weighted by Crippen LogP contribution is -2.45. The Morgan fingerprint density at radius 3 is 2.45 bits per heavy atom. The van der Waals surface area contributed by atoms with Crippen LogP contribution in [0.2, 0.25) is 0 Å². The van der Waals surface area contributed by atoms with E-state index < -0.39 is 0 Å². The molecule has 6 heteroatoms. The number of rotatable bonds is 3. The maximum atomic E-state index is 10.2. The minimum atomic E-state index is 0. The van der Waals surface area contributed by atoms with Gasteiger partial charge < -0.3 is 16.2 Å². The van der Waals surface area contributed by atoms with Crippen molar-refractivity contribution in [2.24, 2.45) is 0 Å². The van der Waals surface area contributed by atoms with Crippen molar-refractivity contribution in [1.82, 2.24) is 10.2 Å². The van der Waals surface area contributed by atoms with Crippen molar-refractivity contribution in [2.45, 2.75) is 26.3 Å². The minimum Gasteiger partial charge on any atom is -0.505 e. The fraction of sp³-hybridized carbons (Fsp3) is 0.571. The molecule has 1 aliphatic heterocycles. The van der Waals surface area contributed by atoms with Crippen LogP contribution in [0, 0.1) is 6.92 Å². The summed E-state index contributed by atoms with van der Waals surface area (Å²) in [6, 6.07) is 4.03. The van der Waals surface area contributed by atoms with E-state index in [1.807, 2.05) is 13.0 Å². The monoisotopic (exact) mass is 321 g/mol. The molecule has 0 radical (unpaired) electrons. The Morgan fingerprint density at radius 2 is 1.90 bits per heavy atom. The summed E-state index contributed by atoms with van der Waals surface area (Å²) in [5.41, 5.74) is 8.42. The molecule has 1 aliphatic rings. The molecule has 116 valence electrons. The highest BCUT2D eigenvalue weighted by Gasteiger charge is 2.25. The van der Waals surface area contributed by atoms with Gasteiger partial charge >= 0.3 is 0 Å². The smallest absolute Gasteiger partial charge is 0.143 e. The molecule has 1 heterocycles. The molecule has 1 atom stereocenters. The molecular formula is C14H25Cl2N3O. The van der Waals surface area contributed by atoms with Crippen LogP contribution in [0.15, 0.2) is 12.1 Å². The van der Waals surface area contributed by atoms with Gasteiger partial charge in [0.25, 0.3) is 0 Å². The van der Waals surface area contributed by atoms with Crippen molar-refractivity contribution < 1.29 is 5.11 Å². The van der Waals surface area contributed by atoms with E-state index in [0.29, 0.717) is 5.69 Å². The third-order valence-corrected chi connectivity index (χ3v) is 3.78. The van der Waals surface area contributed by atoms with Crippen LogP contribution in [0.3, 0.4) is 0 Å². The van der Waals surface area contributed by atoms with E-state index in [0.717, 1.165) is 43.7 Å². The Morgan fingerprint density at radius 1 is 1.30 bits per heavy atom. The first kappa shape index (κ1) is 19.3. The molecule has 0 unspecified atom stereocenters. The average molecular weight is 322 g/mol. The van der Waals surface area contributed by atoms with Crippen LogP contribution < -0.4 is 11.1 Å². The fourth-order valence-corrected chi connectivity index (χ4v) is 2.79. The van der Waals surface area contributed by atoms with Crippen LogP contribution in [0.1, 0.15) is 30.5 Å². The first-order valence-electron chi connectivity index (χ1n) is 6.67. The second kappa shape index (κ2) is 8.57. The zero-order valence-electron chi connectivity index (χ0n) is 12.1. The molecule has 20 heavy (non-hydrogen) atoms. The van der Waals surface area contributed by atoms with Gasteiger partial charge in [-0.15, -0.1) is 24.8 Å². The lowest BCUT2D eigenvalue weighted by atomic mass is 9.95. The van der Waals surface area contributed by atoms with Crippen molar-refractivity contribution >= 4 is 30.5 Å². The number of aromatic hydroxyl groups is 1. The highest BCUT2D eigenvalue weighted by atomic mass is 35.5. The molecule has 4 N–H and O–H groups in total.